The molecule has 1 aromatic rings. The molecule has 7 heteroatoms. The topological polar surface area (TPSA) is 92.9 Å². The Morgan fingerprint density at radius 2 is 2.11 bits per heavy atom. The molecule has 1 aromatic carbocycles. The lowest BCUT2D eigenvalue weighted by Gasteiger charge is -2.14. The second-order valence-electron chi connectivity index (χ2n) is 4.01. The van der Waals surface area contributed by atoms with Crippen LogP contribution in [0.2, 0.25) is 0 Å². The lowest BCUT2D eigenvalue weighted by molar-refractivity contribution is -0.384. The number of benzene rings is 1. The molecule has 1 saturated heterocycles. The van der Waals surface area contributed by atoms with Gasteiger partial charge in [0.05, 0.1) is 11.5 Å². The molecule has 96 valence electrons. The first kappa shape index (κ1) is 12.2. The number of ether oxygens (including phenoxy) is 1. The maximum atomic E-state index is 10.7. The van der Waals surface area contributed by atoms with Crippen molar-refractivity contribution in [1.29, 1.82) is 0 Å². The molecule has 2 rings (SSSR count). The molecule has 0 bridgehead atoms. The van der Waals surface area contributed by atoms with Crippen molar-refractivity contribution >= 4 is 11.8 Å². The van der Waals surface area contributed by atoms with Gasteiger partial charge in [0.2, 0.25) is 0 Å². The van der Waals surface area contributed by atoms with Crippen LogP contribution in [0.4, 0.5) is 10.5 Å². The standard InChI is InChI=1S/C11H12N2O5/c14-11(15)12-6-5-10(7-12)18-9-3-1-8(2-4-9)13(16)17/h1-4,10H,5-7H2,(H,14,15)/t10-/m0/s1. The molecule has 0 spiro atoms. The van der Waals surface area contributed by atoms with Gasteiger partial charge in [-0.05, 0) is 12.1 Å². The van der Waals surface area contributed by atoms with Crippen LogP contribution in [0.5, 0.6) is 5.75 Å². The lowest BCUT2D eigenvalue weighted by atomic mass is 10.3. The summed E-state index contributed by atoms with van der Waals surface area (Å²) in [5, 5.41) is 19.3. The molecule has 0 unspecified atom stereocenters. The molecule has 18 heavy (non-hydrogen) atoms. The van der Waals surface area contributed by atoms with E-state index in [2.05, 4.69) is 0 Å². The number of non-ortho nitro benzene ring substituents is 1. The van der Waals surface area contributed by atoms with Gasteiger partial charge in [0.25, 0.3) is 5.69 Å². The van der Waals surface area contributed by atoms with Crippen LogP contribution in [0, 0.1) is 10.1 Å². The van der Waals surface area contributed by atoms with Gasteiger partial charge in [-0.25, -0.2) is 4.79 Å². The number of amides is 1. The Balaban J connectivity index is 1.94. The van der Waals surface area contributed by atoms with E-state index in [0.717, 1.165) is 0 Å². The summed E-state index contributed by atoms with van der Waals surface area (Å²) in [6.45, 7) is 0.777. The quantitative estimate of drug-likeness (QED) is 0.653. The largest absolute Gasteiger partial charge is 0.489 e. The van der Waals surface area contributed by atoms with Crippen LogP contribution in [-0.2, 0) is 0 Å². The molecule has 1 N–H and O–H groups in total. The van der Waals surface area contributed by atoms with E-state index in [1.807, 2.05) is 0 Å². The Labute approximate surface area is 103 Å². The number of rotatable bonds is 3. The van der Waals surface area contributed by atoms with Crippen LogP contribution in [-0.4, -0.2) is 40.2 Å². The van der Waals surface area contributed by atoms with Gasteiger partial charge in [0, 0.05) is 25.1 Å². The Hall–Kier alpha value is -2.31. The molecule has 1 fully saturated rings. The summed E-state index contributed by atoms with van der Waals surface area (Å²) in [6.07, 6.45) is -0.518. The molecule has 1 aliphatic rings. The predicted octanol–water partition coefficient (Wildman–Crippen LogP) is 1.73. The van der Waals surface area contributed by atoms with E-state index in [-0.39, 0.29) is 11.8 Å². The van der Waals surface area contributed by atoms with Crippen molar-refractivity contribution in [1.82, 2.24) is 4.90 Å². The molecule has 1 heterocycles. The summed E-state index contributed by atoms with van der Waals surface area (Å²) in [4.78, 5) is 22.0. The molecule has 0 aliphatic carbocycles. The maximum Gasteiger partial charge on any atom is 0.407 e. The number of hydrogen-bond donors (Lipinski definition) is 1. The first-order valence-electron chi connectivity index (χ1n) is 5.45. The van der Waals surface area contributed by atoms with Gasteiger partial charge in [-0.3, -0.25) is 10.1 Å². The Bertz CT molecular complexity index is 459. The normalized spacial score (nSPS) is 18.7. The van der Waals surface area contributed by atoms with E-state index in [1.165, 1.54) is 29.2 Å². The minimum atomic E-state index is -0.954. The third kappa shape index (κ3) is 2.68. The second-order valence-corrected chi connectivity index (χ2v) is 4.01. The van der Waals surface area contributed by atoms with Gasteiger partial charge in [0.15, 0.2) is 0 Å². The number of carbonyl (C=O) groups is 1. The van der Waals surface area contributed by atoms with Crippen LogP contribution < -0.4 is 4.74 Å². The van der Waals surface area contributed by atoms with Crippen LogP contribution in [0.1, 0.15) is 6.42 Å². The summed E-state index contributed by atoms with van der Waals surface area (Å²) in [7, 11) is 0. The molecule has 0 radical (unpaired) electrons. The van der Waals surface area contributed by atoms with Crippen molar-refractivity contribution < 1.29 is 19.6 Å². The molecule has 1 atom stereocenters. The molecular formula is C11H12N2O5. The average Bonchev–Trinajstić information content (AvgIpc) is 2.78. The highest BCUT2D eigenvalue weighted by Gasteiger charge is 2.27. The Morgan fingerprint density at radius 3 is 2.61 bits per heavy atom. The number of hydrogen-bond acceptors (Lipinski definition) is 4. The lowest BCUT2D eigenvalue weighted by Crippen LogP contribution is -2.29. The minimum absolute atomic E-state index is 0.000865. The fourth-order valence-electron chi connectivity index (χ4n) is 1.84. The molecule has 0 saturated carbocycles. The molecule has 0 aromatic heterocycles. The zero-order valence-corrected chi connectivity index (χ0v) is 9.48. The van der Waals surface area contributed by atoms with Crippen LogP contribution in [0.3, 0.4) is 0 Å². The molecular weight excluding hydrogens is 240 g/mol. The number of likely N-dealkylation sites (tertiary alicyclic amines) is 1. The summed E-state index contributed by atoms with van der Waals surface area (Å²) in [6, 6.07) is 5.75. The van der Waals surface area contributed by atoms with E-state index in [4.69, 9.17) is 9.84 Å². The van der Waals surface area contributed by atoms with E-state index < -0.39 is 11.0 Å². The molecule has 7 nitrogen and oxygen atoms in total. The summed E-state index contributed by atoms with van der Waals surface area (Å²) in [5.74, 6) is 0.512. The smallest absolute Gasteiger partial charge is 0.407 e. The van der Waals surface area contributed by atoms with E-state index in [0.29, 0.717) is 25.3 Å². The van der Waals surface area contributed by atoms with Gasteiger partial charge in [-0.2, -0.15) is 0 Å². The van der Waals surface area contributed by atoms with Crippen molar-refractivity contribution in [3.05, 3.63) is 34.4 Å². The Morgan fingerprint density at radius 1 is 1.44 bits per heavy atom. The summed E-state index contributed by atoms with van der Waals surface area (Å²) in [5.41, 5.74) is 0.000865. The van der Waals surface area contributed by atoms with Gasteiger partial charge < -0.3 is 14.7 Å². The van der Waals surface area contributed by atoms with Crippen molar-refractivity contribution in [3.8, 4) is 5.75 Å². The van der Waals surface area contributed by atoms with Gasteiger partial charge in [0.1, 0.15) is 11.9 Å². The van der Waals surface area contributed by atoms with E-state index >= 15 is 0 Å². The van der Waals surface area contributed by atoms with Crippen molar-refractivity contribution in [2.45, 2.75) is 12.5 Å². The second kappa shape index (κ2) is 4.91. The fraction of sp³-hybridized carbons (Fsp3) is 0.364. The van der Waals surface area contributed by atoms with E-state index in [1.54, 1.807) is 0 Å². The highest BCUT2D eigenvalue weighted by Crippen LogP contribution is 2.21. The van der Waals surface area contributed by atoms with Crippen LogP contribution in [0.15, 0.2) is 24.3 Å². The maximum absolute atomic E-state index is 10.7. The number of nitrogens with zero attached hydrogens (tertiary/aromatic N) is 2. The first-order valence-corrected chi connectivity index (χ1v) is 5.45. The van der Waals surface area contributed by atoms with Crippen LogP contribution in [0.25, 0.3) is 0 Å². The number of nitro groups is 1. The average molecular weight is 252 g/mol. The number of carboxylic acid groups (broad SMARTS) is 1. The summed E-state index contributed by atoms with van der Waals surface area (Å²) >= 11 is 0. The predicted molar refractivity (Wildman–Crippen MR) is 61.7 cm³/mol. The zero-order chi connectivity index (χ0) is 13.1. The first-order chi connectivity index (χ1) is 8.56. The third-order valence-corrected chi connectivity index (χ3v) is 2.77. The fourth-order valence-corrected chi connectivity index (χ4v) is 1.84. The van der Waals surface area contributed by atoms with E-state index in [9.17, 15) is 14.9 Å². The highest BCUT2D eigenvalue weighted by atomic mass is 16.6. The van der Waals surface area contributed by atoms with Crippen molar-refractivity contribution in [2.24, 2.45) is 0 Å². The molecule has 1 aliphatic heterocycles. The Kier molecular flexibility index (Phi) is 3.31. The number of nitro benzene ring substituents is 1. The van der Waals surface area contributed by atoms with Crippen LogP contribution >= 0.6 is 0 Å². The van der Waals surface area contributed by atoms with Gasteiger partial charge >= 0.3 is 6.09 Å². The highest BCUT2D eigenvalue weighted by molar-refractivity contribution is 5.65. The summed E-state index contributed by atoms with van der Waals surface area (Å²) < 4.78 is 5.56. The third-order valence-electron chi connectivity index (χ3n) is 2.77. The van der Waals surface area contributed by atoms with Crippen molar-refractivity contribution in [2.75, 3.05) is 13.1 Å². The monoisotopic (exact) mass is 252 g/mol. The minimum Gasteiger partial charge on any atom is -0.489 e. The SMILES string of the molecule is O=C(O)N1CC[C@H](Oc2ccc([N+](=O)[O-])cc2)C1. The molecule has 1 amide bonds. The zero-order valence-electron chi connectivity index (χ0n) is 9.48. The van der Waals surface area contributed by atoms with Gasteiger partial charge in [-0.1, -0.05) is 0 Å². The van der Waals surface area contributed by atoms with Crippen molar-refractivity contribution in [3.63, 3.8) is 0 Å². The van der Waals surface area contributed by atoms with Gasteiger partial charge in [-0.15, -0.1) is 0 Å².